The van der Waals surface area contributed by atoms with Crippen molar-refractivity contribution >= 4 is 39.3 Å². The second kappa shape index (κ2) is 11.3. The van der Waals surface area contributed by atoms with Crippen LogP contribution in [0.5, 0.6) is 0 Å². The van der Waals surface area contributed by atoms with Crippen LogP contribution in [0.15, 0.2) is 54.6 Å². The Morgan fingerprint density at radius 2 is 1.62 bits per heavy atom. The average Bonchev–Trinajstić information content (AvgIpc) is 2.77. The van der Waals surface area contributed by atoms with Gasteiger partial charge in [-0.25, -0.2) is 4.31 Å². The maximum Gasteiger partial charge on any atom is 0.304 e. The lowest BCUT2D eigenvalue weighted by molar-refractivity contribution is -0.139. The molecule has 0 bridgehead atoms. The van der Waals surface area contributed by atoms with Crippen LogP contribution in [0.4, 0.5) is 5.69 Å². The Kier molecular flexibility index (Phi) is 9.06. The summed E-state index contributed by atoms with van der Waals surface area (Å²) < 4.78 is 28.0. The van der Waals surface area contributed by atoms with Crippen molar-refractivity contribution in [3.8, 4) is 0 Å². The molecule has 2 aromatic rings. The number of likely N-dealkylation sites (N-methyl/N-ethyl adjacent to an activating group) is 1. The number of benzene rings is 2. The highest BCUT2D eigenvalue weighted by atomic mass is 35.5. The molecule has 2 amide bonds. The van der Waals surface area contributed by atoms with Crippen molar-refractivity contribution in [2.75, 3.05) is 31.5 Å². The summed E-state index contributed by atoms with van der Waals surface area (Å²) in [4.78, 5) is 27.3. The van der Waals surface area contributed by atoms with Crippen LogP contribution in [0.1, 0.15) is 19.4 Å². The quantitative estimate of drug-likeness (QED) is 0.565. The maximum absolute atomic E-state index is 13.4. The molecule has 0 radical (unpaired) electrons. The lowest BCUT2D eigenvalue weighted by Crippen LogP contribution is -2.52. The van der Waals surface area contributed by atoms with E-state index in [1.165, 1.54) is 19.0 Å². The smallest absolute Gasteiger partial charge is 0.304 e. The van der Waals surface area contributed by atoms with Gasteiger partial charge in [0.25, 0.3) is 0 Å². The van der Waals surface area contributed by atoms with Crippen LogP contribution in [0.25, 0.3) is 0 Å². The van der Waals surface area contributed by atoms with E-state index < -0.39 is 28.7 Å². The van der Waals surface area contributed by atoms with E-state index in [-0.39, 0.29) is 12.5 Å². The second-order valence-corrected chi connectivity index (χ2v) is 9.85. The normalized spacial score (nSPS) is 12.3. The van der Waals surface area contributed by atoms with Gasteiger partial charge in [-0.1, -0.05) is 41.9 Å². The summed E-state index contributed by atoms with van der Waals surface area (Å²) in [7, 11) is -1.15. The van der Waals surface area contributed by atoms with Crippen molar-refractivity contribution in [1.29, 1.82) is 0 Å². The number of nitrogens with one attached hydrogen (secondary N) is 1. The number of anilines is 1. The van der Waals surface area contributed by atoms with Gasteiger partial charge in [-0.15, -0.1) is 0 Å². The number of halogens is 1. The number of rotatable bonds is 10. The van der Waals surface area contributed by atoms with Crippen molar-refractivity contribution in [2.24, 2.45) is 0 Å². The summed E-state index contributed by atoms with van der Waals surface area (Å²) >= 11 is 5.96. The van der Waals surface area contributed by atoms with Crippen molar-refractivity contribution in [1.82, 2.24) is 14.5 Å². The highest BCUT2D eigenvalue weighted by Crippen LogP contribution is 2.20. The highest BCUT2D eigenvalue weighted by molar-refractivity contribution is 7.90. The minimum atomic E-state index is -3.95. The van der Waals surface area contributed by atoms with Gasteiger partial charge in [-0.3, -0.25) is 9.59 Å². The van der Waals surface area contributed by atoms with Gasteiger partial charge in [0, 0.05) is 32.2 Å². The predicted octanol–water partition coefficient (Wildman–Crippen LogP) is 2.51. The van der Waals surface area contributed by atoms with Gasteiger partial charge in [0.05, 0.1) is 5.69 Å². The van der Waals surface area contributed by atoms with Crippen LogP contribution in [0, 0.1) is 0 Å². The van der Waals surface area contributed by atoms with Crippen molar-refractivity contribution in [3.05, 3.63) is 65.2 Å². The second-order valence-electron chi connectivity index (χ2n) is 7.35. The van der Waals surface area contributed by atoms with Crippen LogP contribution in [0.2, 0.25) is 5.02 Å². The lowest BCUT2D eigenvalue weighted by Gasteiger charge is -2.32. The molecule has 10 heteroatoms. The molecule has 0 aromatic heterocycles. The van der Waals surface area contributed by atoms with E-state index in [0.717, 1.165) is 14.2 Å². The van der Waals surface area contributed by atoms with E-state index in [2.05, 4.69) is 5.32 Å². The number of nitrogens with zero attached hydrogens (tertiary/aromatic N) is 3. The molecule has 8 nitrogen and oxygen atoms in total. The molecular weight excluding hydrogens is 452 g/mol. The molecule has 2 rings (SSSR count). The maximum atomic E-state index is 13.4. The third kappa shape index (κ3) is 6.44. The van der Waals surface area contributed by atoms with E-state index in [4.69, 9.17) is 11.6 Å². The van der Waals surface area contributed by atoms with E-state index in [0.29, 0.717) is 17.3 Å². The summed E-state index contributed by atoms with van der Waals surface area (Å²) in [6, 6.07) is 14.5. The van der Waals surface area contributed by atoms with Crippen LogP contribution >= 0.6 is 11.6 Å². The number of carbonyl (C=O) groups is 2. The zero-order valence-corrected chi connectivity index (χ0v) is 20.2. The topological polar surface area (TPSA) is 90.0 Å². The monoisotopic (exact) mass is 480 g/mol. The number of carbonyl (C=O) groups excluding carboxylic acids is 2. The summed E-state index contributed by atoms with van der Waals surface area (Å²) in [6.45, 7) is 3.49. The first-order valence-corrected chi connectivity index (χ1v) is 11.9. The fourth-order valence-electron chi connectivity index (χ4n) is 3.00. The zero-order valence-electron chi connectivity index (χ0n) is 18.7. The first-order chi connectivity index (χ1) is 15.1. The Bertz CT molecular complexity index is 1010. The molecule has 0 fully saturated rings. The predicted molar refractivity (Wildman–Crippen MR) is 127 cm³/mol. The van der Waals surface area contributed by atoms with Crippen molar-refractivity contribution < 1.29 is 18.0 Å². The van der Waals surface area contributed by atoms with Gasteiger partial charge >= 0.3 is 10.2 Å². The van der Waals surface area contributed by atoms with Crippen LogP contribution < -0.4 is 9.62 Å². The van der Waals surface area contributed by atoms with Crippen LogP contribution in [-0.2, 0) is 26.3 Å². The molecule has 0 unspecified atom stereocenters. The minimum Gasteiger partial charge on any atom is -0.355 e. The zero-order chi connectivity index (χ0) is 23.9. The molecule has 0 aliphatic rings. The van der Waals surface area contributed by atoms with Gasteiger partial charge in [0.2, 0.25) is 11.8 Å². The van der Waals surface area contributed by atoms with Crippen LogP contribution in [0.3, 0.4) is 0 Å². The van der Waals surface area contributed by atoms with E-state index in [1.807, 2.05) is 0 Å². The molecule has 0 spiro atoms. The van der Waals surface area contributed by atoms with Gasteiger partial charge in [0.15, 0.2) is 0 Å². The van der Waals surface area contributed by atoms with Crippen LogP contribution in [-0.4, -0.2) is 62.7 Å². The molecule has 1 atom stereocenters. The van der Waals surface area contributed by atoms with Gasteiger partial charge in [0.1, 0.15) is 12.6 Å². The molecule has 32 heavy (non-hydrogen) atoms. The number of amides is 2. The Morgan fingerprint density at radius 3 is 2.16 bits per heavy atom. The molecule has 1 N–H and O–H groups in total. The molecular formula is C22H29ClN4O4S. The Balaban J connectivity index is 2.40. The minimum absolute atomic E-state index is 0.124. The Hall–Kier alpha value is -2.62. The molecule has 0 heterocycles. The molecule has 2 aromatic carbocycles. The molecule has 174 valence electrons. The van der Waals surface area contributed by atoms with Gasteiger partial charge < -0.3 is 10.2 Å². The fourth-order valence-corrected chi connectivity index (χ4v) is 4.18. The molecule has 0 saturated heterocycles. The van der Waals surface area contributed by atoms with E-state index in [1.54, 1.807) is 68.4 Å². The summed E-state index contributed by atoms with van der Waals surface area (Å²) in [5, 5.41) is 3.27. The molecule has 0 aliphatic carbocycles. The molecule has 0 saturated carbocycles. The Morgan fingerprint density at radius 1 is 1.03 bits per heavy atom. The average molecular weight is 481 g/mol. The van der Waals surface area contributed by atoms with Crippen molar-refractivity contribution in [3.63, 3.8) is 0 Å². The Labute approximate surface area is 194 Å². The van der Waals surface area contributed by atoms with E-state index >= 15 is 0 Å². The fraction of sp³-hybridized carbons (Fsp3) is 0.364. The first-order valence-electron chi connectivity index (χ1n) is 10.1. The molecule has 0 aliphatic heterocycles. The van der Waals surface area contributed by atoms with Crippen molar-refractivity contribution in [2.45, 2.75) is 26.4 Å². The standard InChI is InChI=1S/C22H29ClN4O4S/c1-5-24-22(29)17(2)26(15-18-11-13-19(23)14-12-18)21(28)16-27(32(30,31)25(3)4)20-9-7-6-8-10-20/h6-14,17H,5,15-16H2,1-4H3,(H,24,29)/t17-/m1/s1. The number of hydrogen-bond acceptors (Lipinski definition) is 4. The summed E-state index contributed by atoms with van der Waals surface area (Å²) in [6.07, 6.45) is 0. The number of para-hydroxylation sites is 1. The van der Waals surface area contributed by atoms with E-state index in [9.17, 15) is 18.0 Å². The van der Waals surface area contributed by atoms with Gasteiger partial charge in [-0.05, 0) is 43.7 Å². The summed E-state index contributed by atoms with van der Waals surface area (Å²) in [5.74, 6) is -0.829. The number of hydrogen-bond donors (Lipinski definition) is 1. The first kappa shape index (κ1) is 25.6. The largest absolute Gasteiger partial charge is 0.355 e. The summed E-state index contributed by atoms with van der Waals surface area (Å²) in [5.41, 5.74) is 1.12. The SMILES string of the molecule is CCNC(=O)[C@@H](C)N(Cc1ccc(Cl)cc1)C(=O)CN(c1ccccc1)S(=O)(=O)N(C)C. The lowest BCUT2D eigenvalue weighted by atomic mass is 10.1. The third-order valence-electron chi connectivity index (χ3n) is 4.85. The van der Waals surface area contributed by atoms with Gasteiger partial charge in [-0.2, -0.15) is 12.7 Å². The third-order valence-corrected chi connectivity index (χ3v) is 6.92. The highest BCUT2D eigenvalue weighted by Gasteiger charge is 2.32.